The van der Waals surface area contributed by atoms with Crippen molar-refractivity contribution in [1.82, 2.24) is 0 Å². The molecule has 0 amide bonds. The maximum atomic E-state index is 5.66. The SMILES string of the molecule is CC1CN(c2ccc(CBr)c(Br)c2)C(C)CO1. The van der Waals surface area contributed by atoms with Crippen LogP contribution in [0.2, 0.25) is 0 Å². The number of morpholine rings is 1. The maximum Gasteiger partial charge on any atom is 0.0723 e. The number of hydrogen-bond donors (Lipinski definition) is 0. The van der Waals surface area contributed by atoms with Crippen LogP contribution in [0.25, 0.3) is 0 Å². The first kappa shape index (κ1) is 13.4. The van der Waals surface area contributed by atoms with E-state index in [1.807, 2.05) is 0 Å². The van der Waals surface area contributed by atoms with Crippen molar-refractivity contribution < 1.29 is 4.74 Å². The molecule has 0 bridgehead atoms. The van der Waals surface area contributed by atoms with Crippen LogP contribution in [0.5, 0.6) is 0 Å². The summed E-state index contributed by atoms with van der Waals surface area (Å²) in [5.74, 6) is 0. The van der Waals surface area contributed by atoms with Gasteiger partial charge in [-0.15, -0.1) is 0 Å². The maximum absolute atomic E-state index is 5.66. The van der Waals surface area contributed by atoms with E-state index < -0.39 is 0 Å². The minimum absolute atomic E-state index is 0.306. The molecule has 1 aliphatic heterocycles. The Morgan fingerprint density at radius 2 is 2.18 bits per heavy atom. The van der Waals surface area contributed by atoms with Crippen LogP contribution in [0.15, 0.2) is 22.7 Å². The van der Waals surface area contributed by atoms with E-state index in [1.54, 1.807) is 0 Å². The molecule has 0 aromatic heterocycles. The Morgan fingerprint density at radius 1 is 1.41 bits per heavy atom. The highest BCUT2D eigenvalue weighted by atomic mass is 79.9. The molecule has 0 radical (unpaired) electrons. The van der Waals surface area contributed by atoms with Gasteiger partial charge in [0.1, 0.15) is 0 Å². The van der Waals surface area contributed by atoms with Gasteiger partial charge < -0.3 is 9.64 Å². The Kier molecular flexibility index (Phi) is 4.50. The molecule has 4 heteroatoms. The molecule has 0 spiro atoms. The van der Waals surface area contributed by atoms with Crippen molar-refractivity contribution in [2.24, 2.45) is 0 Å². The molecular formula is C13H17Br2NO. The van der Waals surface area contributed by atoms with E-state index in [2.05, 4.69) is 68.8 Å². The van der Waals surface area contributed by atoms with Gasteiger partial charge in [-0.2, -0.15) is 0 Å². The van der Waals surface area contributed by atoms with Crippen molar-refractivity contribution in [3.05, 3.63) is 28.2 Å². The van der Waals surface area contributed by atoms with E-state index in [9.17, 15) is 0 Å². The number of nitrogens with zero attached hydrogens (tertiary/aromatic N) is 1. The van der Waals surface area contributed by atoms with Gasteiger partial charge in [0.25, 0.3) is 0 Å². The van der Waals surface area contributed by atoms with Gasteiger partial charge in [-0.25, -0.2) is 0 Å². The average Bonchev–Trinajstić information content (AvgIpc) is 2.32. The second-order valence-electron chi connectivity index (χ2n) is 4.55. The van der Waals surface area contributed by atoms with Crippen LogP contribution in [-0.2, 0) is 10.1 Å². The minimum atomic E-state index is 0.306. The van der Waals surface area contributed by atoms with Crippen LogP contribution in [0, 0.1) is 0 Å². The number of anilines is 1. The van der Waals surface area contributed by atoms with Gasteiger partial charge in [0.05, 0.1) is 12.7 Å². The van der Waals surface area contributed by atoms with Crippen molar-refractivity contribution in [2.45, 2.75) is 31.3 Å². The zero-order valence-electron chi connectivity index (χ0n) is 10.1. The molecule has 0 aliphatic carbocycles. The Hall–Kier alpha value is -0.0600. The van der Waals surface area contributed by atoms with E-state index in [0.717, 1.165) is 18.5 Å². The van der Waals surface area contributed by atoms with Gasteiger partial charge in [0.2, 0.25) is 0 Å². The topological polar surface area (TPSA) is 12.5 Å². The van der Waals surface area contributed by atoms with Crippen molar-refractivity contribution in [1.29, 1.82) is 0 Å². The molecule has 1 fully saturated rings. The van der Waals surface area contributed by atoms with Gasteiger partial charge in [-0.1, -0.05) is 37.9 Å². The second kappa shape index (κ2) is 5.72. The highest BCUT2D eigenvalue weighted by molar-refractivity contribution is 9.10. The van der Waals surface area contributed by atoms with Gasteiger partial charge in [-0.3, -0.25) is 0 Å². The number of ether oxygens (including phenoxy) is 1. The number of hydrogen-bond acceptors (Lipinski definition) is 2. The van der Waals surface area contributed by atoms with Crippen LogP contribution in [-0.4, -0.2) is 25.3 Å². The first-order valence-corrected chi connectivity index (χ1v) is 7.76. The summed E-state index contributed by atoms with van der Waals surface area (Å²) in [6.07, 6.45) is 0.306. The molecule has 1 aromatic rings. The molecule has 2 atom stereocenters. The predicted molar refractivity (Wildman–Crippen MR) is 79.0 cm³/mol. The lowest BCUT2D eigenvalue weighted by atomic mass is 10.1. The highest BCUT2D eigenvalue weighted by Gasteiger charge is 2.23. The molecule has 1 aromatic carbocycles. The van der Waals surface area contributed by atoms with Gasteiger partial charge in [0.15, 0.2) is 0 Å². The third kappa shape index (κ3) is 3.04. The predicted octanol–water partition coefficient (Wildman–Crippen LogP) is 3.96. The third-order valence-electron chi connectivity index (χ3n) is 3.12. The van der Waals surface area contributed by atoms with Crippen molar-refractivity contribution in [3.63, 3.8) is 0 Å². The average molecular weight is 363 g/mol. The highest BCUT2D eigenvalue weighted by Crippen LogP contribution is 2.28. The molecule has 17 heavy (non-hydrogen) atoms. The lowest BCUT2D eigenvalue weighted by molar-refractivity contribution is 0.0344. The fourth-order valence-electron chi connectivity index (χ4n) is 2.09. The summed E-state index contributed by atoms with van der Waals surface area (Å²) in [5, 5.41) is 0.878. The minimum Gasteiger partial charge on any atom is -0.375 e. The lowest BCUT2D eigenvalue weighted by Crippen LogP contribution is -2.47. The molecule has 1 aliphatic rings. The van der Waals surface area contributed by atoms with Crippen molar-refractivity contribution in [3.8, 4) is 0 Å². The Labute approximate surface area is 120 Å². The Bertz CT molecular complexity index is 397. The van der Waals surface area contributed by atoms with Gasteiger partial charge in [0, 0.05) is 28.1 Å². The number of halogens is 2. The Balaban J connectivity index is 2.23. The number of rotatable bonds is 2. The molecule has 94 valence electrons. The van der Waals surface area contributed by atoms with Crippen LogP contribution >= 0.6 is 31.9 Å². The molecule has 1 heterocycles. The number of alkyl halides is 1. The van der Waals surface area contributed by atoms with E-state index in [4.69, 9.17) is 4.74 Å². The molecule has 2 unspecified atom stereocenters. The van der Waals surface area contributed by atoms with E-state index in [0.29, 0.717) is 12.1 Å². The summed E-state index contributed by atoms with van der Waals surface area (Å²) < 4.78 is 6.82. The summed E-state index contributed by atoms with van der Waals surface area (Å²) in [6, 6.07) is 7.00. The summed E-state index contributed by atoms with van der Waals surface area (Å²) >= 11 is 7.11. The number of benzene rings is 1. The molecule has 2 nitrogen and oxygen atoms in total. The van der Waals surface area contributed by atoms with Crippen LogP contribution in [0.3, 0.4) is 0 Å². The summed E-state index contributed by atoms with van der Waals surface area (Å²) in [5.41, 5.74) is 2.55. The Morgan fingerprint density at radius 3 is 2.82 bits per heavy atom. The third-order valence-corrected chi connectivity index (χ3v) is 4.46. The summed E-state index contributed by atoms with van der Waals surface area (Å²) in [7, 11) is 0. The van der Waals surface area contributed by atoms with Crippen LogP contribution in [0.1, 0.15) is 19.4 Å². The molecule has 0 N–H and O–H groups in total. The normalized spacial score (nSPS) is 25.1. The monoisotopic (exact) mass is 361 g/mol. The van der Waals surface area contributed by atoms with E-state index >= 15 is 0 Å². The zero-order chi connectivity index (χ0) is 12.4. The largest absolute Gasteiger partial charge is 0.375 e. The van der Waals surface area contributed by atoms with Crippen molar-refractivity contribution >= 4 is 37.5 Å². The zero-order valence-corrected chi connectivity index (χ0v) is 13.3. The lowest BCUT2D eigenvalue weighted by Gasteiger charge is -2.38. The van der Waals surface area contributed by atoms with Gasteiger partial charge in [-0.05, 0) is 31.5 Å². The fraction of sp³-hybridized carbons (Fsp3) is 0.538. The first-order chi connectivity index (χ1) is 8.11. The quantitative estimate of drug-likeness (QED) is 0.738. The molecular weight excluding hydrogens is 346 g/mol. The van der Waals surface area contributed by atoms with Gasteiger partial charge >= 0.3 is 0 Å². The summed E-state index contributed by atoms with van der Waals surface area (Å²) in [4.78, 5) is 2.41. The molecule has 1 saturated heterocycles. The molecule has 2 rings (SSSR count). The van der Waals surface area contributed by atoms with Crippen molar-refractivity contribution in [2.75, 3.05) is 18.1 Å². The van der Waals surface area contributed by atoms with Crippen LogP contribution in [0.4, 0.5) is 5.69 Å². The smallest absolute Gasteiger partial charge is 0.0723 e. The summed E-state index contributed by atoms with van der Waals surface area (Å²) in [6.45, 7) is 6.10. The fourth-order valence-corrected chi connectivity index (χ4v) is 3.46. The van der Waals surface area contributed by atoms with E-state index in [-0.39, 0.29) is 0 Å². The van der Waals surface area contributed by atoms with E-state index in [1.165, 1.54) is 15.7 Å². The second-order valence-corrected chi connectivity index (χ2v) is 5.97. The standard InChI is InChI=1S/C13H17Br2NO/c1-9-8-17-10(2)7-16(9)12-4-3-11(6-14)13(15)5-12/h3-5,9-10H,6-8H2,1-2H3. The van der Waals surface area contributed by atoms with Crippen LogP contribution < -0.4 is 4.90 Å². The molecule has 0 saturated carbocycles. The first-order valence-electron chi connectivity index (χ1n) is 5.84.